The van der Waals surface area contributed by atoms with Crippen molar-refractivity contribution in [2.24, 2.45) is 0 Å². The highest BCUT2D eigenvalue weighted by Crippen LogP contribution is 2.46. The summed E-state index contributed by atoms with van der Waals surface area (Å²) >= 11 is 0. The van der Waals surface area contributed by atoms with E-state index in [4.69, 9.17) is 9.47 Å². The van der Waals surface area contributed by atoms with Crippen molar-refractivity contribution < 1.29 is 22.1 Å². The molecule has 0 aromatic heterocycles. The molecule has 152 valence electrons. The molecule has 3 unspecified atom stereocenters. The first-order chi connectivity index (χ1) is 14.5. The molecular weight excluding hydrogens is 424 g/mol. The minimum Gasteiger partial charge on any atom is -0.454 e. The van der Waals surface area contributed by atoms with Gasteiger partial charge < -0.3 is 20.1 Å². The Morgan fingerprint density at radius 3 is 2.53 bits per heavy atom. The first-order valence-corrected chi connectivity index (χ1v) is 12.1. The maximum Gasteiger partial charge on any atom is 0.231 e. The normalized spacial score (nSPS) is 24.6. The maximum absolute atomic E-state index is 13.2. The van der Waals surface area contributed by atoms with Crippen molar-refractivity contribution in [3.8, 4) is 11.5 Å². The first-order valence-electron chi connectivity index (χ1n) is 9.32. The summed E-state index contributed by atoms with van der Waals surface area (Å²) in [6.45, 7) is 0.126. The lowest BCUT2D eigenvalue weighted by atomic mass is 10.1. The van der Waals surface area contributed by atoms with Crippen LogP contribution in [-0.4, -0.2) is 19.4 Å². The summed E-state index contributed by atoms with van der Waals surface area (Å²) < 4.78 is 49.9. The fraction of sp³-hybridized carbons (Fsp3) is 0.143. The van der Waals surface area contributed by atoms with E-state index in [1.165, 1.54) is 0 Å². The second kappa shape index (κ2) is 6.23. The van der Waals surface area contributed by atoms with Crippen molar-refractivity contribution in [2.75, 3.05) is 17.4 Å². The van der Waals surface area contributed by atoms with Gasteiger partial charge in [-0.15, -0.1) is 0 Å². The standard InChI is InChI=1S/C21H16N2O5S2/c24-29-18-4-2-1-3-14(18)22-20(29)12-6-8-19-15(9-12)23-21(30(19,25)26)13-5-7-16-17(10-13)28-11-27-16/h1-10,20-23H,11H2. The van der Waals surface area contributed by atoms with Gasteiger partial charge in [0.15, 0.2) is 16.9 Å². The van der Waals surface area contributed by atoms with Crippen LogP contribution in [0.5, 0.6) is 11.5 Å². The Kier molecular flexibility index (Phi) is 3.69. The molecule has 0 spiro atoms. The molecule has 30 heavy (non-hydrogen) atoms. The van der Waals surface area contributed by atoms with Crippen LogP contribution in [0.1, 0.15) is 21.9 Å². The number of hydrogen-bond donors (Lipinski definition) is 2. The molecular formula is C21H16N2O5S2. The van der Waals surface area contributed by atoms with E-state index >= 15 is 0 Å². The summed E-state index contributed by atoms with van der Waals surface area (Å²) in [6.07, 6.45) is 0. The topological polar surface area (TPSA) is 93.7 Å². The van der Waals surface area contributed by atoms with E-state index in [-0.39, 0.29) is 11.7 Å². The van der Waals surface area contributed by atoms with Gasteiger partial charge in [0.1, 0.15) is 5.37 Å². The number of hydrogen-bond acceptors (Lipinski definition) is 7. The third-order valence-corrected chi connectivity index (χ3v) is 9.10. The van der Waals surface area contributed by atoms with Crippen molar-refractivity contribution in [2.45, 2.75) is 20.5 Å². The van der Waals surface area contributed by atoms with Gasteiger partial charge in [0.25, 0.3) is 0 Å². The fourth-order valence-corrected chi connectivity index (χ4v) is 7.21. The largest absolute Gasteiger partial charge is 0.454 e. The Bertz CT molecular complexity index is 1340. The minimum atomic E-state index is -3.63. The van der Waals surface area contributed by atoms with Crippen LogP contribution in [-0.2, 0) is 20.6 Å². The molecule has 9 heteroatoms. The van der Waals surface area contributed by atoms with Gasteiger partial charge in [-0.05, 0) is 47.5 Å². The van der Waals surface area contributed by atoms with Crippen LogP contribution in [0, 0.1) is 0 Å². The number of nitrogens with one attached hydrogen (secondary N) is 2. The zero-order chi connectivity index (χ0) is 20.5. The van der Waals surface area contributed by atoms with E-state index < -0.39 is 31.4 Å². The van der Waals surface area contributed by atoms with Crippen molar-refractivity contribution >= 4 is 32.0 Å². The van der Waals surface area contributed by atoms with Crippen LogP contribution >= 0.6 is 0 Å². The van der Waals surface area contributed by atoms with Crippen LogP contribution in [0.4, 0.5) is 11.4 Å². The monoisotopic (exact) mass is 440 g/mol. The van der Waals surface area contributed by atoms with Gasteiger partial charge in [0.2, 0.25) is 16.6 Å². The molecule has 0 amide bonds. The molecule has 7 nitrogen and oxygen atoms in total. The smallest absolute Gasteiger partial charge is 0.231 e. The van der Waals surface area contributed by atoms with E-state index in [1.54, 1.807) is 36.4 Å². The van der Waals surface area contributed by atoms with Gasteiger partial charge >= 0.3 is 0 Å². The maximum atomic E-state index is 13.2. The minimum absolute atomic E-state index is 0.126. The van der Waals surface area contributed by atoms with Crippen LogP contribution < -0.4 is 20.1 Å². The zero-order valence-electron chi connectivity index (χ0n) is 15.5. The Hall–Kier alpha value is -3.04. The Labute approximate surface area is 175 Å². The molecule has 0 aliphatic carbocycles. The highest BCUT2D eigenvalue weighted by atomic mass is 32.2. The molecule has 0 saturated heterocycles. The first kappa shape index (κ1) is 17.8. The summed E-state index contributed by atoms with van der Waals surface area (Å²) in [7, 11) is -4.89. The van der Waals surface area contributed by atoms with Crippen LogP contribution in [0.2, 0.25) is 0 Å². The molecule has 3 atom stereocenters. The number of fused-ring (bicyclic) bond motifs is 3. The average molecular weight is 441 g/mol. The fourth-order valence-electron chi connectivity index (χ4n) is 4.05. The number of sulfone groups is 1. The molecule has 3 aromatic rings. The van der Waals surface area contributed by atoms with Crippen molar-refractivity contribution in [3.05, 3.63) is 71.8 Å². The predicted octanol–water partition coefficient (Wildman–Crippen LogP) is 3.55. The number of ether oxygens (including phenoxy) is 2. The second-order valence-corrected chi connectivity index (χ2v) is 10.8. The Morgan fingerprint density at radius 2 is 1.67 bits per heavy atom. The van der Waals surface area contributed by atoms with Gasteiger partial charge in [-0.1, -0.05) is 24.3 Å². The van der Waals surface area contributed by atoms with Gasteiger partial charge in [0, 0.05) is 0 Å². The number of rotatable bonds is 2. The van der Waals surface area contributed by atoms with Crippen LogP contribution in [0.15, 0.2) is 70.5 Å². The molecule has 0 fully saturated rings. The lowest BCUT2D eigenvalue weighted by Gasteiger charge is -2.12. The van der Waals surface area contributed by atoms with E-state index in [0.29, 0.717) is 22.7 Å². The summed E-state index contributed by atoms with van der Waals surface area (Å²) in [4.78, 5) is 0.983. The van der Waals surface area contributed by atoms with Crippen LogP contribution in [0.25, 0.3) is 0 Å². The van der Waals surface area contributed by atoms with Gasteiger partial charge in [0.05, 0.1) is 32.0 Å². The molecule has 3 aliphatic rings. The van der Waals surface area contributed by atoms with Crippen LogP contribution in [0.3, 0.4) is 0 Å². The Balaban J connectivity index is 1.36. The molecule has 0 saturated carbocycles. The van der Waals surface area contributed by atoms with Gasteiger partial charge in [-0.3, -0.25) is 4.21 Å². The van der Waals surface area contributed by atoms with Gasteiger partial charge in [-0.25, -0.2) is 8.42 Å². The SMILES string of the molecule is O=S1c2ccccc2NC1c1ccc2c(c1)NC(c1ccc3c(c1)OCO3)S2(=O)=O. The average Bonchev–Trinajstić information content (AvgIpc) is 3.42. The number of benzene rings is 3. The van der Waals surface area contributed by atoms with Crippen molar-refractivity contribution in [1.29, 1.82) is 0 Å². The summed E-state index contributed by atoms with van der Waals surface area (Å²) in [5.74, 6) is 1.13. The van der Waals surface area contributed by atoms with Crippen molar-refractivity contribution in [3.63, 3.8) is 0 Å². The Morgan fingerprint density at radius 1 is 0.867 bits per heavy atom. The molecule has 2 N–H and O–H groups in total. The molecule has 3 heterocycles. The highest BCUT2D eigenvalue weighted by molar-refractivity contribution is 7.92. The van der Waals surface area contributed by atoms with E-state index in [1.807, 2.05) is 24.3 Å². The third kappa shape index (κ3) is 2.48. The van der Waals surface area contributed by atoms with Gasteiger partial charge in [-0.2, -0.15) is 0 Å². The predicted molar refractivity (Wildman–Crippen MR) is 112 cm³/mol. The molecule has 6 rings (SSSR count). The summed E-state index contributed by atoms with van der Waals surface area (Å²) in [6, 6.07) is 17.7. The molecule has 0 radical (unpaired) electrons. The third-order valence-electron chi connectivity index (χ3n) is 5.51. The molecule has 0 bridgehead atoms. The summed E-state index contributed by atoms with van der Waals surface area (Å²) in [5.41, 5.74) is 2.68. The number of anilines is 2. The number of para-hydroxylation sites is 1. The quantitative estimate of drug-likeness (QED) is 0.629. The zero-order valence-corrected chi connectivity index (χ0v) is 17.1. The van der Waals surface area contributed by atoms with Crippen molar-refractivity contribution in [1.82, 2.24) is 0 Å². The lowest BCUT2D eigenvalue weighted by molar-refractivity contribution is 0.174. The molecule has 3 aromatic carbocycles. The lowest BCUT2D eigenvalue weighted by Crippen LogP contribution is -2.13. The van der Waals surface area contributed by atoms with E-state index in [9.17, 15) is 12.6 Å². The van der Waals surface area contributed by atoms with E-state index in [2.05, 4.69) is 10.6 Å². The van der Waals surface area contributed by atoms with E-state index in [0.717, 1.165) is 16.1 Å². The summed E-state index contributed by atoms with van der Waals surface area (Å²) in [5, 5.41) is 5.05. The molecule has 3 aliphatic heterocycles. The second-order valence-electron chi connectivity index (χ2n) is 7.26. The highest BCUT2D eigenvalue weighted by Gasteiger charge is 2.39.